The third-order valence-corrected chi connectivity index (χ3v) is 4.61. The van der Waals surface area contributed by atoms with Gasteiger partial charge >= 0.3 is 0 Å². The first-order chi connectivity index (χ1) is 8.84. The summed E-state index contributed by atoms with van der Waals surface area (Å²) in [5, 5.41) is 0. The number of hydrogen-bond donors (Lipinski definition) is 2. The highest BCUT2D eigenvalue weighted by Crippen LogP contribution is 2.23. The lowest BCUT2D eigenvalue weighted by Gasteiger charge is -2.19. The van der Waals surface area contributed by atoms with Crippen molar-refractivity contribution in [3.8, 4) is 0 Å². The standard InChI is InChI=1S/C12H17N3O3S/c1-3-7-15(4-2)19(17,18)11-6-5-9(12(14)16)8-10(11)13/h3,5-6,8H,1,4,7,13H2,2H3,(H2,14,16). The summed E-state index contributed by atoms with van der Waals surface area (Å²) in [7, 11) is -3.70. The van der Waals surface area contributed by atoms with Crippen LogP contribution < -0.4 is 11.5 Å². The molecule has 104 valence electrons. The maximum absolute atomic E-state index is 12.3. The highest BCUT2D eigenvalue weighted by molar-refractivity contribution is 7.89. The summed E-state index contributed by atoms with van der Waals surface area (Å²) in [6, 6.07) is 3.89. The molecule has 0 saturated heterocycles. The van der Waals surface area contributed by atoms with Crippen molar-refractivity contribution < 1.29 is 13.2 Å². The number of anilines is 1. The molecule has 0 aliphatic rings. The molecule has 0 saturated carbocycles. The highest BCUT2D eigenvalue weighted by atomic mass is 32.2. The summed E-state index contributed by atoms with van der Waals surface area (Å²) in [6.45, 7) is 5.72. The van der Waals surface area contributed by atoms with Crippen LogP contribution in [0, 0.1) is 0 Å². The van der Waals surface area contributed by atoms with Gasteiger partial charge in [-0.3, -0.25) is 4.79 Å². The zero-order valence-corrected chi connectivity index (χ0v) is 11.5. The Labute approximate surface area is 112 Å². The number of carbonyl (C=O) groups is 1. The van der Waals surface area contributed by atoms with Gasteiger partial charge in [0.05, 0.1) is 5.69 Å². The Morgan fingerprint density at radius 3 is 2.53 bits per heavy atom. The number of sulfonamides is 1. The minimum absolute atomic E-state index is 0.00110. The van der Waals surface area contributed by atoms with Gasteiger partial charge in [-0.25, -0.2) is 8.42 Å². The van der Waals surface area contributed by atoms with Gasteiger partial charge in [0.25, 0.3) is 0 Å². The van der Waals surface area contributed by atoms with Gasteiger partial charge < -0.3 is 11.5 Å². The summed E-state index contributed by atoms with van der Waals surface area (Å²) in [5.41, 5.74) is 11.0. The normalized spacial score (nSPS) is 11.5. The third-order valence-electron chi connectivity index (χ3n) is 2.60. The zero-order valence-electron chi connectivity index (χ0n) is 10.7. The van der Waals surface area contributed by atoms with Gasteiger partial charge in [0.15, 0.2) is 0 Å². The lowest BCUT2D eigenvalue weighted by molar-refractivity contribution is 0.1000. The van der Waals surface area contributed by atoms with E-state index < -0.39 is 15.9 Å². The molecule has 1 aromatic carbocycles. The van der Waals surface area contributed by atoms with E-state index in [-0.39, 0.29) is 22.7 Å². The average molecular weight is 283 g/mol. The zero-order chi connectivity index (χ0) is 14.6. The van der Waals surface area contributed by atoms with E-state index in [4.69, 9.17) is 11.5 Å². The maximum Gasteiger partial charge on any atom is 0.248 e. The van der Waals surface area contributed by atoms with Crippen LogP contribution in [0.1, 0.15) is 17.3 Å². The predicted octanol–water partition coefficient (Wildman–Crippen LogP) is 0.564. The van der Waals surface area contributed by atoms with Crippen LogP contribution in [0.3, 0.4) is 0 Å². The first-order valence-electron chi connectivity index (χ1n) is 5.65. The number of rotatable bonds is 6. The average Bonchev–Trinajstić information content (AvgIpc) is 2.35. The van der Waals surface area contributed by atoms with E-state index in [1.165, 1.54) is 28.6 Å². The number of hydrogen-bond acceptors (Lipinski definition) is 4. The molecule has 19 heavy (non-hydrogen) atoms. The number of benzene rings is 1. The Balaban J connectivity index is 3.29. The number of nitrogens with zero attached hydrogens (tertiary/aromatic N) is 1. The Morgan fingerprint density at radius 1 is 1.47 bits per heavy atom. The maximum atomic E-state index is 12.3. The molecule has 0 bridgehead atoms. The second kappa shape index (κ2) is 5.85. The monoisotopic (exact) mass is 283 g/mol. The highest BCUT2D eigenvalue weighted by Gasteiger charge is 2.24. The van der Waals surface area contributed by atoms with Gasteiger partial charge in [-0.15, -0.1) is 6.58 Å². The van der Waals surface area contributed by atoms with E-state index in [2.05, 4.69) is 6.58 Å². The SMILES string of the molecule is C=CCN(CC)S(=O)(=O)c1ccc(C(N)=O)cc1N. The summed E-state index contributed by atoms with van der Waals surface area (Å²) < 4.78 is 25.9. The molecule has 7 heteroatoms. The van der Waals surface area contributed by atoms with Crippen molar-refractivity contribution >= 4 is 21.6 Å². The molecule has 0 unspecified atom stereocenters. The lowest BCUT2D eigenvalue weighted by Crippen LogP contribution is -2.31. The fourth-order valence-corrected chi connectivity index (χ4v) is 3.13. The first-order valence-corrected chi connectivity index (χ1v) is 7.09. The topological polar surface area (TPSA) is 106 Å². The largest absolute Gasteiger partial charge is 0.398 e. The van der Waals surface area contributed by atoms with Gasteiger partial charge in [0.2, 0.25) is 15.9 Å². The van der Waals surface area contributed by atoms with Crippen LogP contribution in [-0.2, 0) is 10.0 Å². The lowest BCUT2D eigenvalue weighted by atomic mass is 10.2. The van der Waals surface area contributed by atoms with Crippen molar-refractivity contribution in [3.63, 3.8) is 0 Å². The van der Waals surface area contributed by atoms with Crippen LogP contribution >= 0.6 is 0 Å². The summed E-state index contributed by atoms with van der Waals surface area (Å²) in [4.78, 5) is 11.0. The van der Waals surface area contributed by atoms with Crippen molar-refractivity contribution in [2.24, 2.45) is 5.73 Å². The molecule has 0 atom stereocenters. The number of likely N-dealkylation sites (N-methyl/N-ethyl adjacent to an activating group) is 1. The minimum atomic E-state index is -3.70. The molecule has 1 amide bonds. The van der Waals surface area contributed by atoms with E-state index in [1.54, 1.807) is 6.92 Å². The van der Waals surface area contributed by atoms with Crippen LogP contribution in [0.4, 0.5) is 5.69 Å². The van der Waals surface area contributed by atoms with Crippen molar-refractivity contribution in [2.75, 3.05) is 18.8 Å². The van der Waals surface area contributed by atoms with Crippen LogP contribution in [-0.4, -0.2) is 31.7 Å². The Kier molecular flexibility index (Phi) is 4.68. The molecule has 4 N–H and O–H groups in total. The Bertz CT molecular complexity index is 596. The second-order valence-corrected chi connectivity index (χ2v) is 5.77. The number of carbonyl (C=O) groups excluding carboxylic acids is 1. The van der Waals surface area contributed by atoms with Gasteiger partial charge in [0, 0.05) is 18.7 Å². The predicted molar refractivity (Wildman–Crippen MR) is 74.0 cm³/mol. The number of nitrogens with two attached hydrogens (primary N) is 2. The first kappa shape index (κ1) is 15.2. The van der Waals surface area contributed by atoms with Gasteiger partial charge in [0.1, 0.15) is 4.90 Å². The van der Waals surface area contributed by atoms with E-state index in [9.17, 15) is 13.2 Å². The van der Waals surface area contributed by atoms with Crippen molar-refractivity contribution in [1.29, 1.82) is 0 Å². The summed E-state index contributed by atoms with van der Waals surface area (Å²) in [6.07, 6.45) is 1.50. The molecule has 0 aliphatic heterocycles. The van der Waals surface area contributed by atoms with Gasteiger partial charge in [-0.05, 0) is 18.2 Å². The van der Waals surface area contributed by atoms with E-state index in [0.717, 1.165) is 0 Å². The van der Waals surface area contributed by atoms with Crippen molar-refractivity contribution in [2.45, 2.75) is 11.8 Å². The molecule has 0 aromatic heterocycles. The van der Waals surface area contributed by atoms with Gasteiger partial charge in [-0.1, -0.05) is 13.0 Å². The van der Waals surface area contributed by atoms with E-state index in [1.807, 2.05) is 0 Å². The van der Waals surface area contributed by atoms with E-state index in [0.29, 0.717) is 6.54 Å². The second-order valence-electron chi connectivity index (χ2n) is 3.86. The third kappa shape index (κ3) is 3.12. The van der Waals surface area contributed by atoms with Gasteiger partial charge in [-0.2, -0.15) is 4.31 Å². The van der Waals surface area contributed by atoms with Crippen LogP contribution in [0.2, 0.25) is 0 Å². The van der Waals surface area contributed by atoms with Crippen LogP contribution in [0.15, 0.2) is 35.7 Å². The summed E-state index contributed by atoms with van der Waals surface area (Å²) in [5.74, 6) is -0.658. The van der Waals surface area contributed by atoms with Crippen LogP contribution in [0.25, 0.3) is 0 Å². The minimum Gasteiger partial charge on any atom is -0.398 e. The quantitative estimate of drug-likeness (QED) is 0.587. The Hall–Kier alpha value is -1.86. The molecular weight excluding hydrogens is 266 g/mol. The molecule has 1 aromatic rings. The molecule has 0 aliphatic carbocycles. The smallest absolute Gasteiger partial charge is 0.248 e. The van der Waals surface area contributed by atoms with Crippen molar-refractivity contribution in [3.05, 3.63) is 36.4 Å². The molecule has 1 rings (SSSR count). The Morgan fingerprint density at radius 2 is 2.11 bits per heavy atom. The van der Waals surface area contributed by atoms with Crippen molar-refractivity contribution in [1.82, 2.24) is 4.31 Å². The molecule has 6 nitrogen and oxygen atoms in total. The molecule has 0 fully saturated rings. The molecular formula is C12H17N3O3S. The molecule has 0 radical (unpaired) electrons. The van der Waals surface area contributed by atoms with Crippen LogP contribution in [0.5, 0.6) is 0 Å². The number of amides is 1. The fraction of sp³-hybridized carbons (Fsp3) is 0.250. The number of nitrogen functional groups attached to an aromatic ring is 1. The number of primary amides is 1. The molecule has 0 heterocycles. The fourth-order valence-electron chi connectivity index (χ4n) is 1.62. The molecule has 0 spiro atoms. The van der Waals surface area contributed by atoms with E-state index >= 15 is 0 Å². The summed E-state index contributed by atoms with van der Waals surface area (Å²) >= 11 is 0.